The lowest BCUT2D eigenvalue weighted by Crippen LogP contribution is -2.17. The molecular weight excluding hydrogens is 425 g/mol. The standard InChI is InChI=1S/C22H23F3N4O3/c1-32-18-10-16-15(27-20(28-16)13-7-5-12(11-30)6-8-13)9-17(18)29-21(31)14-3-2-4-19(26-14)22(23,24)25/h2-4,9-10,12-13,30H,5-8,11H2,1H3,(H,27,28)(H,29,31)/t12-,13-. The number of benzene rings is 1. The van der Waals surface area contributed by atoms with Crippen molar-refractivity contribution in [2.45, 2.75) is 37.8 Å². The van der Waals surface area contributed by atoms with Crippen LogP contribution in [0, 0.1) is 5.92 Å². The predicted octanol–water partition coefficient (Wildman–Crippen LogP) is 4.50. The Morgan fingerprint density at radius 2 is 1.97 bits per heavy atom. The number of ether oxygens (including phenoxy) is 1. The molecule has 0 aliphatic heterocycles. The van der Waals surface area contributed by atoms with Crippen molar-refractivity contribution in [2.24, 2.45) is 5.92 Å². The Balaban J connectivity index is 1.58. The Bertz CT molecular complexity index is 1120. The third-order valence-corrected chi connectivity index (χ3v) is 5.83. The topological polar surface area (TPSA) is 100 Å². The molecule has 0 unspecified atom stereocenters. The second-order valence-electron chi connectivity index (χ2n) is 7.95. The molecule has 10 heteroatoms. The fraction of sp³-hybridized carbons (Fsp3) is 0.409. The Labute approximate surface area is 182 Å². The van der Waals surface area contributed by atoms with E-state index in [4.69, 9.17) is 4.74 Å². The number of aromatic nitrogens is 3. The van der Waals surface area contributed by atoms with Crippen LogP contribution in [0.4, 0.5) is 18.9 Å². The minimum Gasteiger partial charge on any atom is -0.494 e. The molecule has 7 nitrogen and oxygen atoms in total. The first-order valence-electron chi connectivity index (χ1n) is 10.3. The second-order valence-corrected chi connectivity index (χ2v) is 7.95. The molecule has 1 amide bonds. The molecule has 1 fully saturated rings. The van der Waals surface area contributed by atoms with Gasteiger partial charge in [-0.3, -0.25) is 4.79 Å². The maximum Gasteiger partial charge on any atom is 0.433 e. The molecule has 0 atom stereocenters. The normalized spacial score (nSPS) is 19.2. The number of pyridine rings is 1. The van der Waals surface area contributed by atoms with Crippen molar-refractivity contribution in [1.82, 2.24) is 15.0 Å². The number of carbonyl (C=O) groups excluding carboxylic acids is 1. The predicted molar refractivity (Wildman–Crippen MR) is 112 cm³/mol. The summed E-state index contributed by atoms with van der Waals surface area (Å²) in [7, 11) is 1.43. The van der Waals surface area contributed by atoms with Crippen LogP contribution < -0.4 is 10.1 Å². The SMILES string of the molecule is COc1cc2nc([C@H]3CC[C@H](CO)CC3)[nH]c2cc1NC(=O)c1cccc(C(F)(F)F)n1. The quantitative estimate of drug-likeness (QED) is 0.534. The Morgan fingerprint density at radius 1 is 1.22 bits per heavy atom. The van der Waals surface area contributed by atoms with E-state index in [0.29, 0.717) is 28.4 Å². The number of hydrogen-bond donors (Lipinski definition) is 3. The first-order valence-corrected chi connectivity index (χ1v) is 10.3. The Morgan fingerprint density at radius 3 is 2.62 bits per heavy atom. The minimum atomic E-state index is -4.64. The highest BCUT2D eigenvalue weighted by molar-refractivity contribution is 6.04. The average molecular weight is 448 g/mol. The van der Waals surface area contributed by atoms with Crippen LogP contribution in [0.15, 0.2) is 30.3 Å². The number of fused-ring (bicyclic) bond motifs is 1. The van der Waals surface area contributed by atoms with Crippen LogP contribution in [0.5, 0.6) is 5.75 Å². The number of carbonyl (C=O) groups is 1. The highest BCUT2D eigenvalue weighted by Gasteiger charge is 2.33. The monoisotopic (exact) mass is 448 g/mol. The Kier molecular flexibility index (Phi) is 6.05. The van der Waals surface area contributed by atoms with Crippen molar-refractivity contribution in [1.29, 1.82) is 0 Å². The number of alkyl halides is 3. The zero-order chi connectivity index (χ0) is 22.9. The molecule has 0 spiro atoms. The van der Waals surface area contributed by atoms with Gasteiger partial charge in [-0.25, -0.2) is 9.97 Å². The van der Waals surface area contributed by atoms with Crippen LogP contribution in [0.2, 0.25) is 0 Å². The number of aliphatic hydroxyl groups excluding tert-OH is 1. The number of aromatic amines is 1. The highest BCUT2D eigenvalue weighted by atomic mass is 19.4. The van der Waals surface area contributed by atoms with Gasteiger partial charge in [0, 0.05) is 18.6 Å². The molecule has 2 aromatic heterocycles. The van der Waals surface area contributed by atoms with E-state index < -0.39 is 17.8 Å². The summed E-state index contributed by atoms with van der Waals surface area (Å²) in [6.45, 7) is 0.202. The van der Waals surface area contributed by atoms with Crippen molar-refractivity contribution < 1.29 is 27.8 Å². The van der Waals surface area contributed by atoms with Crippen LogP contribution in [-0.2, 0) is 6.18 Å². The van der Waals surface area contributed by atoms with E-state index in [-0.39, 0.29) is 18.2 Å². The molecule has 3 aromatic rings. The van der Waals surface area contributed by atoms with Crippen molar-refractivity contribution in [3.8, 4) is 5.75 Å². The molecule has 3 N–H and O–H groups in total. The van der Waals surface area contributed by atoms with Crippen LogP contribution in [0.25, 0.3) is 11.0 Å². The summed E-state index contributed by atoms with van der Waals surface area (Å²) in [6, 6.07) is 6.48. The summed E-state index contributed by atoms with van der Waals surface area (Å²) in [4.78, 5) is 23.9. The first-order chi connectivity index (χ1) is 15.3. The lowest BCUT2D eigenvalue weighted by atomic mass is 9.82. The number of methoxy groups -OCH3 is 1. The highest BCUT2D eigenvalue weighted by Crippen LogP contribution is 2.37. The number of hydrogen-bond acceptors (Lipinski definition) is 5. The van der Waals surface area contributed by atoms with Crippen LogP contribution in [0.3, 0.4) is 0 Å². The molecule has 1 aliphatic carbocycles. The third kappa shape index (κ3) is 4.55. The van der Waals surface area contributed by atoms with Crippen LogP contribution in [-0.4, -0.2) is 39.7 Å². The molecule has 2 heterocycles. The number of aliphatic hydroxyl groups is 1. The molecule has 170 valence electrons. The van der Waals surface area contributed by atoms with E-state index in [1.54, 1.807) is 12.1 Å². The summed E-state index contributed by atoms with van der Waals surface area (Å²) in [5.74, 6) is 0.975. The molecule has 4 rings (SSSR count). The maximum atomic E-state index is 12.9. The van der Waals surface area contributed by atoms with E-state index in [1.807, 2.05) is 0 Å². The number of imidazole rings is 1. The summed E-state index contributed by atoms with van der Waals surface area (Å²) in [6.07, 6.45) is -0.921. The molecule has 32 heavy (non-hydrogen) atoms. The first kappa shape index (κ1) is 22.1. The number of halogens is 3. The van der Waals surface area contributed by atoms with Gasteiger partial charge in [-0.05, 0) is 49.8 Å². The van der Waals surface area contributed by atoms with Gasteiger partial charge in [0.1, 0.15) is 23.0 Å². The van der Waals surface area contributed by atoms with Crippen molar-refractivity contribution in [2.75, 3.05) is 19.0 Å². The lowest BCUT2D eigenvalue weighted by Gasteiger charge is -2.25. The van der Waals surface area contributed by atoms with Gasteiger partial charge in [-0.1, -0.05) is 6.07 Å². The van der Waals surface area contributed by atoms with Crippen LogP contribution in [0.1, 0.15) is 53.6 Å². The lowest BCUT2D eigenvalue weighted by molar-refractivity contribution is -0.141. The van der Waals surface area contributed by atoms with Gasteiger partial charge in [0.2, 0.25) is 0 Å². The van der Waals surface area contributed by atoms with Gasteiger partial charge in [0.25, 0.3) is 5.91 Å². The van der Waals surface area contributed by atoms with Crippen molar-refractivity contribution in [3.05, 3.63) is 47.5 Å². The van der Waals surface area contributed by atoms with E-state index in [0.717, 1.165) is 43.6 Å². The maximum absolute atomic E-state index is 12.9. The zero-order valence-corrected chi connectivity index (χ0v) is 17.4. The molecule has 0 bridgehead atoms. The number of nitrogens with one attached hydrogen (secondary N) is 2. The number of nitrogens with zero attached hydrogens (tertiary/aromatic N) is 2. The van der Waals surface area contributed by atoms with Crippen molar-refractivity contribution in [3.63, 3.8) is 0 Å². The number of amides is 1. The van der Waals surface area contributed by atoms with E-state index in [2.05, 4.69) is 20.3 Å². The average Bonchev–Trinajstić information content (AvgIpc) is 3.21. The van der Waals surface area contributed by atoms with Gasteiger partial charge < -0.3 is 20.1 Å². The molecule has 1 saturated carbocycles. The summed E-state index contributed by atoms with van der Waals surface area (Å²) in [5.41, 5.74) is 0.145. The third-order valence-electron chi connectivity index (χ3n) is 5.83. The largest absolute Gasteiger partial charge is 0.494 e. The number of rotatable bonds is 5. The zero-order valence-electron chi connectivity index (χ0n) is 17.4. The van der Waals surface area contributed by atoms with Crippen LogP contribution >= 0.6 is 0 Å². The minimum absolute atomic E-state index is 0.202. The van der Waals surface area contributed by atoms with E-state index in [9.17, 15) is 23.1 Å². The number of anilines is 1. The molecular formula is C22H23F3N4O3. The van der Waals surface area contributed by atoms with Gasteiger partial charge in [0.05, 0.1) is 23.8 Å². The fourth-order valence-corrected chi connectivity index (χ4v) is 4.04. The summed E-state index contributed by atoms with van der Waals surface area (Å²) >= 11 is 0. The van der Waals surface area contributed by atoms with Gasteiger partial charge in [0.15, 0.2) is 0 Å². The van der Waals surface area contributed by atoms with Gasteiger partial charge in [-0.15, -0.1) is 0 Å². The molecule has 1 aromatic carbocycles. The van der Waals surface area contributed by atoms with E-state index in [1.165, 1.54) is 13.2 Å². The fourth-order valence-electron chi connectivity index (χ4n) is 4.04. The molecule has 1 aliphatic rings. The van der Waals surface area contributed by atoms with Gasteiger partial charge in [-0.2, -0.15) is 13.2 Å². The van der Waals surface area contributed by atoms with Gasteiger partial charge >= 0.3 is 6.18 Å². The second kappa shape index (κ2) is 8.78. The van der Waals surface area contributed by atoms with Crippen molar-refractivity contribution >= 4 is 22.6 Å². The smallest absolute Gasteiger partial charge is 0.433 e. The summed E-state index contributed by atoms with van der Waals surface area (Å²) in [5, 5.41) is 11.9. The number of H-pyrrole nitrogens is 1. The summed E-state index contributed by atoms with van der Waals surface area (Å²) < 4.78 is 44.1. The molecule has 0 saturated heterocycles. The Hall–Kier alpha value is -3.14. The van der Waals surface area contributed by atoms with E-state index >= 15 is 0 Å². The molecule has 0 radical (unpaired) electrons.